The number of rotatable bonds is 5. The molecule has 0 spiro atoms. The summed E-state index contributed by atoms with van der Waals surface area (Å²) in [4.78, 5) is 25.1. The Kier molecular flexibility index (Phi) is 7.70. The molecular weight excluding hydrogens is 306 g/mol. The maximum absolute atomic E-state index is 11.8. The van der Waals surface area contributed by atoms with Crippen molar-refractivity contribution in [2.24, 2.45) is 5.73 Å². The largest absolute Gasteiger partial charge is 0.445 e. The first-order chi connectivity index (χ1) is 10.1. The van der Waals surface area contributed by atoms with Gasteiger partial charge in [-0.15, -0.1) is 12.4 Å². The van der Waals surface area contributed by atoms with E-state index in [-0.39, 0.29) is 43.9 Å². The predicted octanol–water partition coefficient (Wildman–Crippen LogP) is 1.28. The summed E-state index contributed by atoms with van der Waals surface area (Å²) in [6.07, 6.45) is 0.607. The minimum atomic E-state index is -0.509. The van der Waals surface area contributed by atoms with Crippen LogP contribution in [0.5, 0.6) is 0 Å². The zero-order valence-corrected chi connectivity index (χ0v) is 13.2. The molecule has 0 aliphatic carbocycles. The van der Waals surface area contributed by atoms with Crippen molar-refractivity contribution in [3.8, 4) is 0 Å². The summed E-state index contributed by atoms with van der Waals surface area (Å²) in [5, 5.41) is 2.58. The van der Waals surface area contributed by atoms with E-state index >= 15 is 0 Å². The first kappa shape index (κ1) is 18.3. The van der Waals surface area contributed by atoms with Gasteiger partial charge in [-0.05, 0) is 12.0 Å². The van der Waals surface area contributed by atoms with Gasteiger partial charge in [-0.25, -0.2) is 4.79 Å². The second-order valence-corrected chi connectivity index (χ2v) is 5.13. The van der Waals surface area contributed by atoms with Crippen molar-refractivity contribution in [1.29, 1.82) is 0 Å². The van der Waals surface area contributed by atoms with Crippen molar-refractivity contribution in [3.63, 3.8) is 0 Å². The molecule has 22 heavy (non-hydrogen) atoms. The molecular formula is C15H22ClN3O3. The number of nitrogens with one attached hydrogen (secondary N) is 1. The number of ether oxygens (including phenoxy) is 1. The molecule has 0 unspecified atom stereocenters. The highest BCUT2D eigenvalue weighted by molar-refractivity contribution is 5.85. The number of hydrogen-bond acceptors (Lipinski definition) is 4. The molecule has 7 heteroatoms. The van der Waals surface area contributed by atoms with E-state index in [1.54, 1.807) is 4.90 Å². The summed E-state index contributed by atoms with van der Waals surface area (Å²) in [7, 11) is 0. The lowest BCUT2D eigenvalue weighted by Gasteiger charge is -2.15. The van der Waals surface area contributed by atoms with Crippen LogP contribution in [0.2, 0.25) is 0 Å². The van der Waals surface area contributed by atoms with Crippen LogP contribution in [0.25, 0.3) is 0 Å². The smallest absolute Gasteiger partial charge is 0.407 e. The predicted molar refractivity (Wildman–Crippen MR) is 85.7 cm³/mol. The molecule has 1 aromatic carbocycles. The summed E-state index contributed by atoms with van der Waals surface area (Å²) in [5.41, 5.74) is 6.68. The van der Waals surface area contributed by atoms with Crippen LogP contribution < -0.4 is 11.1 Å². The number of likely N-dealkylation sites (tertiary alicyclic amines) is 1. The Balaban J connectivity index is 0.00000242. The second-order valence-electron chi connectivity index (χ2n) is 5.13. The molecule has 1 aliphatic heterocycles. The van der Waals surface area contributed by atoms with Crippen LogP contribution in [0.4, 0.5) is 4.79 Å². The minimum absolute atomic E-state index is 0. The lowest BCUT2D eigenvalue weighted by molar-refractivity contribution is -0.130. The second kappa shape index (κ2) is 9.27. The first-order valence-corrected chi connectivity index (χ1v) is 7.13. The van der Waals surface area contributed by atoms with Gasteiger partial charge in [0.05, 0.1) is 0 Å². The van der Waals surface area contributed by atoms with Crippen molar-refractivity contribution >= 4 is 24.4 Å². The van der Waals surface area contributed by atoms with E-state index in [1.165, 1.54) is 0 Å². The Labute approximate surface area is 136 Å². The monoisotopic (exact) mass is 327 g/mol. The maximum atomic E-state index is 11.8. The van der Waals surface area contributed by atoms with Gasteiger partial charge in [0.25, 0.3) is 0 Å². The van der Waals surface area contributed by atoms with Crippen molar-refractivity contribution in [2.75, 3.05) is 19.6 Å². The average molecular weight is 328 g/mol. The molecule has 1 fully saturated rings. The highest BCUT2D eigenvalue weighted by Crippen LogP contribution is 2.08. The Hall–Kier alpha value is -1.79. The van der Waals surface area contributed by atoms with Gasteiger partial charge in [-0.2, -0.15) is 0 Å². The number of carbonyl (C=O) groups is 2. The third-order valence-corrected chi connectivity index (χ3v) is 3.40. The van der Waals surface area contributed by atoms with Gasteiger partial charge >= 0.3 is 6.09 Å². The summed E-state index contributed by atoms with van der Waals surface area (Å²) in [6.45, 7) is 1.82. The first-order valence-electron chi connectivity index (χ1n) is 7.13. The fraction of sp³-hybridized carbons (Fsp3) is 0.467. The number of nitrogens with two attached hydrogens (primary N) is 1. The summed E-state index contributed by atoms with van der Waals surface area (Å²) >= 11 is 0. The number of halogens is 1. The molecule has 1 aromatic rings. The SMILES string of the molecule is Cl.N[C@@H]1CCN(C(=O)CCNC(=O)OCc2ccccc2)C1. The lowest BCUT2D eigenvalue weighted by atomic mass is 10.2. The zero-order valence-electron chi connectivity index (χ0n) is 12.4. The van der Waals surface area contributed by atoms with E-state index < -0.39 is 6.09 Å². The van der Waals surface area contributed by atoms with Crippen LogP contribution in [0.15, 0.2) is 30.3 Å². The van der Waals surface area contributed by atoms with Gasteiger partial charge in [0.1, 0.15) is 6.61 Å². The van der Waals surface area contributed by atoms with Gasteiger partial charge in [0.2, 0.25) is 5.91 Å². The van der Waals surface area contributed by atoms with Crippen LogP contribution in [0.1, 0.15) is 18.4 Å². The zero-order chi connectivity index (χ0) is 15.1. The molecule has 1 atom stereocenters. The maximum Gasteiger partial charge on any atom is 0.407 e. The highest BCUT2D eigenvalue weighted by atomic mass is 35.5. The van der Waals surface area contributed by atoms with Crippen molar-refractivity contribution in [2.45, 2.75) is 25.5 Å². The quantitative estimate of drug-likeness (QED) is 0.853. The normalized spacial score (nSPS) is 16.8. The van der Waals surface area contributed by atoms with Crippen LogP contribution >= 0.6 is 12.4 Å². The molecule has 3 N–H and O–H groups in total. The van der Waals surface area contributed by atoms with Crippen molar-refractivity contribution in [1.82, 2.24) is 10.2 Å². The van der Waals surface area contributed by atoms with Gasteiger partial charge in [0, 0.05) is 32.1 Å². The number of nitrogens with zero attached hydrogens (tertiary/aromatic N) is 1. The Morgan fingerprint density at radius 1 is 1.32 bits per heavy atom. The van der Waals surface area contributed by atoms with Gasteiger partial charge < -0.3 is 20.7 Å². The molecule has 1 heterocycles. The topological polar surface area (TPSA) is 84.7 Å². The molecule has 6 nitrogen and oxygen atoms in total. The Morgan fingerprint density at radius 2 is 2.05 bits per heavy atom. The highest BCUT2D eigenvalue weighted by Gasteiger charge is 2.23. The van der Waals surface area contributed by atoms with E-state index in [0.717, 1.165) is 12.0 Å². The van der Waals surface area contributed by atoms with E-state index in [1.807, 2.05) is 30.3 Å². The van der Waals surface area contributed by atoms with Crippen LogP contribution in [0, 0.1) is 0 Å². The lowest BCUT2D eigenvalue weighted by Crippen LogP contribution is -2.35. The van der Waals surface area contributed by atoms with Gasteiger partial charge in [-0.1, -0.05) is 30.3 Å². The van der Waals surface area contributed by atoms with E-state index in [9.17, 15) is 9.59 Å². The molecule has 1 aliphatic rings. The Bertz CT molecular complexity index is 484. The third-order valence-electron chi connectivity index (χ3n) is 3.40. The summed E-state index contributed by atoms with van der Waals surface area (Å²) in [6, 6.07) is 9.52. The number of benzene rings is 1. The molecule has 0 aromatic heterocycles. The molecule has 2 rings (SSSR count). The van der Waals surface area contributed by atoms with Crippen LogP contribution in [0.3, 0.4) is 0 Å². The fourth-order valence-corrected chi connectivity index (χ4v) is 2.22. The molecule has 122 valence electrons. The van der Waals surface area contributed by atoms with E-state index in [0.29, 0.717) is 13.1 Å². The van der Waals surface area contributed by atoms with Gasteiger partial charge in [-0.3, -0.25) is 4.79 Å². The third kappa shape index (κ3) is 5.91. The van der Waals surface area contributed by atoms with E-state index in [4.69, 9.17) is 10.5 Å². The summed E-state index contributed by atoms with van der Waals surface area (Å²) in [5.74, 6) is 0.0197. The van der Waals surface area contributed by atoms with Crippen molar-refractivity contribution in [3.05, 3.63) is 35.9 Å². The summed E-state index contributed by atoms with van der Waals surface area (Å²) < 4.78 is 5.06. The number of carbonyl (C=O) groups excluding carboxylic acids is 2. The molecule has 1 saturated heterocycles. The average Bonchev–Trinajstić information content (AvgIpc) is 2.93. The molecule has 0 radical (unpaired) electrons. The van der Waals surface area contributed by atoms with Crippen LogP contribution in [-0.4, -0.2) is 42.6 Å². The molecule has 2 amide bonds. The fourth-order valence-electron chi connectivity index (χ4n) is 2.22. The molecule has 0 bridgehead atoms. The van der Waals surface area contributed by atoms with Crippen LogP contribution in [-0.2, 0) is 16.1 Å². The van der Waals surface area contributed by atoms with Crippen molar-refractivity contribution < 1.29 is 14.3 Å². The number of hydrogen-bond donors (Lipinski definition) is 2. The standard InChI is InChI=1S/C15H21N3O3.ClH/c16-13-7-9-18(10-13)14(19)6-8-17-15(20)21-11-12-4-2-1-3-5-12;/h1-5,13H,6-11,16H2,(H,17,20);1H/t13-;/m1./s1. The number of amides is 2. The minimum Gasteiger partial charge on any atom is -0.445 e. The Morgan fingerprint density at radius 3 is 2.68 bits per heavy atom. The number of alkyl carbamates (subject to hydrolysis) is 1. The van der Waals surface area contributed by atoms with Gasteiger partial charge in [0.15, 0.2) is 0 Å². The molecule has 0 saturated carbocycles. The van der Waals surface area contributed by atoms with E-state index in [2.05, 4.69) is 5.32 Å².